The number of ether oxygens (including phenoxy) is 2. The number of hydrogen-bond donors (Lipinski definition) is 1. The predicted molar refractivity (Wildman–Crippen MR) is 96.3 cm³/mol. The molecule has 5 nitrogen and oxygen atoms in total. The largest absolute Gasteiger partial charge is 0.493 e. The van der Waals surface area contributed by atoms with Crippen LogP contribution in [0, 0.1) is 12.7 Å². The lowest BCUT2D eigenvalue weighted by molar-refractivity contribution is 0.230. The standard InChI is InChI=1S/C19H20FN3O2/c1-11(2)25-18-8-14-16(9-17(18)24-4)21-10-22-19(14)23-13-5-6-15(20)12(3)7-13/h5-11H,1-4H3,(H,21,22,23). The van der Waals surface area contributed by atoms with Gasteiger partial charge in [0, 0.05) is 17.1 Å². The summed E-state index contributed by atoms with van der Waals surface area (Å²) in [5, 5.41) is 4.01. The monoisotopic (exact) mass is 341 g/mol. The predicted octanol–water partition coefficient (Wildman–Crippen LogP) is 4.62. The van der Waals surface area contributed by atoms with Gasteiger partial charge in [-0.25, -0.2) is 14.4 Å². The molecule has 0 radical (unpaired) electrons. The minimum Gasteiger partial charge on any atom is -0.493 e. The Morgan fingerprint density at radius 2 is 1.88 bits per heavy atom. The summed E-state index contributed by atoms with van der Waals surface area (Å²) in [6.45, 7) is 5.62. The Bertz CT molecular complexity index is 913. The number of methoxy groups -OCH3 is 1. The van der Waals surface area contributed by atoms with E-state index < -0.39 is 0 Å². The van der Waals surface area contributed by atoms with E-state index in [2.05, 4.69) is 15.3 Å². The van der Waals surface area contributed by atoms with Crippen molar-refractivity contribution in [3.8, 4) is 11.5 Å². The van der Waals surface area contributed by atoms with Gasteiger partial charge in [-0.2, -0.15) is 0 Å². The van der Waals surface area contributed by atoms with Crippen molar-refractivity contribution in [2.75, 3.05) is 12.4 Å². The van der Waals surface area contributed by atoms with Crippen LogP contribution in [0.25, 0.3) is 10.9 Å². The number of nitrogens with one attached hydrogen (secondary N) is 1. The first-order valence-electron chi connectivity index (χ1n) is 8.00. The number of fused-ring (bicyclic) bond motifs is 1. The molecule has 0 fully saturated rings. The summed E-state index contributed by atoms with van der Waals surface area (Å²) >= 11 is 0. The molecule has 0 saturated carbocycles. The normalized spacial score (nSPS) is 11.0. The second-order valence-corrected chi connectivity index (χ2v) is 6.00. The van der Waals surface area contributed by atoms with Gasteiger partial charge in [0.1, 0.15) is 18.0 Å². The van der Waals surface area contributed by atoms with Crippen molar-refractivity contribution >= 4 is 22.4 Å². The molecule has 0 aliphatic heterocycles. The van der Waals surface area contributed by atoms with E-state index in [0.29, 0.717) is 22.9 Å². The summed E-state index contributed by atoms with van der Waals surface area (Å²) in [5.41, 5.74) is 2.04. The molecule has 0 unspecified atom stereocenters. The van der Waals surface area contributed by atoms with E-state index in [1.807, 2.05) is 26.0 Å². The van der Waals surface area contributed by atoms with Crippen LogP contribution >= 0.6 is 0 Å². The zero-order valence-corrected chi connectivity index (χ0v) is 14.6. The number of nitrogens with zero attached hydrogens (tertiary/aromatic N) is 2. The average Bonchev–Trinajstić information content (AvgIpc) is 2.57. The fourth-order valence-electron chi connectivity index (χ4n) is 2.53. The third-order valence-corrected chi connectivity index (χ3v) is 3.70. The third-order valence-electron chi connectivity index (χ3n) is 3.70. The van der Waals surface area contributed by atoms with Crippen LogP contribution in [0.5, 0.6) is 11.5 Å². The Labute approximate surface area is 145 Å². The molecular formula is C19H20FN3O2. The number of aromatic nitrogens is 2. The molecule has 1 aromatic heterocycles. The maximum atomic E-state index is 13.5. The fourth-order valence-corrected chi connectivity index (χ4v) is 2.53. The quantitative estimate of drug-likeness (QED) is 0.734. The molecule has 2 aromatic carbocycles. The van der Waals surface area contributed by atoms with E-state index in [1.165, 1.54) is 12.4 Å². The van der Waals surface area contributed by atoms with Crippen LogP contribution in [0.15, 0.2) is 36.7 Å². The van der Waals surface area contributed by atoms with Crippen molar-refractivity contribution in [1.82, 2.24) is 9.97 Å². The van der Waals surface area contributed by atoms with Crippen LogP contribution in [0.2, 0.25) is 0 Å². The molecule has 6 heteroatoms. The molecule has 1 heterocycles. The molecule has 3 aromatic rings. The lowest BCUT2D eigenvalue weighted by atomic mass is 10.2. The van der Waals surface area contributed by atoms with Gasteiger partial charge < -0.3 is 14.8 Å². The Balaban J connectivity index is 2.06. The van der Waals surface area contributed by atoms with Gasteiger partial charge >= 0.3 is 0 Å². The molecule has 0 atom stereocenters. The summed E-state index contributed by atoms with van der Waals surface area (Å²) in [7, 11) is 1.59. The van der Waals surface area contributed by atoms with Crippen LogP contribution in [0.3, 0.4) is 0 Å². The van der Waals surface area contributed by atoms with E-state index >= 15 is 0 Å². The van der Waals surface area contributed by atoms with Crippen LogP contribution in [0.1, 0.15) is 19.4 Å². The Morgan fingerprint density at radius 1 is 1.08 bits per heavy atom. The zero-order valence-electron chi connectivity index (χ0n) is 14.6. The summed E-state index contributed by atoms with van der Waals surface area (Å²) in [4.78, 5) is 8.62. The zero-order chi connectivity index (χ0) is 18.0. The van der Waals surface area contributed by atoms with Gasteiger partial charge in [-0.15, -0.1) is 0 Å². The summed E-state index contributed by atoms with van der Waals surface area (Å²) < 4.78 is 24.7. The topological polar surface area (TPSA) is 56.3 Å². The number of rotatable bonds is 5. The maximum Gasteiger partial charge on any atom is 0.162 e. The van der Waals surface area contributed by atoms with Crippen LogP contribution in [-0.2, 0) is 0 Å². The highest BCUT2D eigenvalue weighted by Crippen LogP contribution is 2.35. The molecule has 0 aliphatic rings. The highest BCUT2D eigenvalue weighted by atomic mass is 19.1. The van der Waals surface area contributed by atoms with Crippen LogP contribution < -0.4 is 14.8 Å². The van der Waals surface area contributed by atoms with E-state index in [-0.39, 0.29) is 11.9 Å². The summed E-state index contributed by atoms with van der Waals surface area (Å²) in [6, 6.07) is 8.50. The van der Waals surface area contributed by atoms with Crippen molar-refractivity contribution in [3.63, 3.8) is 0 Å². The van der Waals surface area contributed by atoms with Gasteiger partial charge in [-0.05, 0) is 50.6 Å². The maximum absolute atomic E-state index is 13.5. The van der Waals surface area contributed by atoms with Gasteiger partial charge in [-0.3, -0.25) is 0 Å². The minimum absolute atomic E-state index is 0.00661. The van der Waals surface area contributed by atoms with Gasteiger partial charge in [0.05, 0.1) is 18.7 Å². The molecule has 25 heavy (non-hydrogen) atoms. The fraction of sp³-hybridized carbons (Fsp3) is 0.263. The van der Waals surface area contributed by atoms with Crippen molar-refractivity contribution in [3.05, 3.63) is 48.0 Å². The van der Waals surface area contributed by atoms with E-state index in [1.54, 1.807) is 26.2 Å². The van der Waals surface area contributed by atoms with E-state index in [9.17, 15) is 4.39 Å². The van der Waals surface area contributed by atoms with Crippen molar-refractivity contribution in [1.29, 1.82) is 0 Å². The van der Waals surface area contributed by atoms with Crippen LogP contribution in [-0.4, -0.2) is 23.2 Å². The molecule has 3 rings (SSSR count). The third kappa shape index (κ3) is 3.63. The molecule has 0 amide bonds. The SMILES string of the molecule is COc1cc2ncnc(Nc3ccc(F)c(C)c3)c2cc1OC(C)C. The number of benzene rings is 2. The second-order valence-electron chi connectivity index (χ2n) is 6.00. The minimum atomic E-state index is -0.240. The number of aryl methyl sites for hydroxylation is 1. The Morgan fingerprint density at radius 3 is 2.56 bits per heavy atom. The summed E-state index contributed by atoms with van der Waals surface area (Å²) in [5.74, 6) is 1.62. The van der Waals surface area contributed by atoms with Crippen molar-refractivity contribution in [2.45, 2.75) is 26.9 Å². The highest BCUT2D eigenvalue weighted by molar-refractivity contribution is 5.93. The molecule has 130 valence electrons. The molecule has 0 bridgehead atoms. The first kappa shape index (κ1) is 17.0. The number of hydrogen-bond acceptors (Lipinski definition) is 5. The molecule has 1 N–H and O–H groups in total. The number of anilines is 2. The number of halogens is 1. The van der Waals surface area contributed by atoms with Crippen LogP contribution in [0.4, 0.5) is 15.9 Å². The van der Waals surface area contributed by atoms with Gasteiger partial charge in [-0.1, -0.05) is 0 Å². The smallest absolute Gasteiger partial charge is 0.162 e. The molecular weight excluding hydrogens is 321 g/mol. The Hall–Kier alpha value is -2.89. The lowest BCUT2D eigenvalue weighted by Crippen LogP contribution is -2.07. The first-order valence-corrected chi connectivity index (χ1v) is 8.00. The molecule has 0 aliphatic carbocycles. The van der Waals surface area contributed by atoms with E-state index in [4.69, 9.17) is 9.47 Å². The highest BCUT2D eigenvalue weighted by Gasteiger charge is 2.13. The van der Waals surface area contributed by atoms with Gasteiger partial charge in [0.2, 0.25) is 0 Å². The van der Waals surface area contributed by atoms with Gasteiger partial charge in [0.15, 0.2) is 11.5 Å². The van der Waals surface area contributed by atoms with Crippen molar-refractivity contribution in [2.24, 2.45) is 0 Å². The van der Waals surface area contributed by atoms with Gasteiger partial charge in [0.25, 0.3) is 0 Å². The molecule has 0 saturated heterocycles. The first-order chi connectivity index (χ1) is 12.0. The van der Waals surface area contributed by atoms with E-state index in [0.717, 1.165) is 16.6 Å². The second kappa shape index (κ2) is 6.93. The molecule has 0 spiro atoms. The average molecular weight is 341 g/mol. The Kier molecular flexibility index (Phi) is 4.70. The summed E-state index contributed by atoms with van der Waals surface area (Å²) in [6.07, 6.45) is 1.48. The lowest BCUT2D eigenvalue weighted by Gasteiger charge is -2.15. The van der Waals surface area contributed by atoms with Crippen molar-refractivity contribution < 1.29 is 13.9 Å².